The molecule has 0 aromatic heterocycles. The van der Waals surface area contributed by atoms with Crippen LogP contribution in [0.15, 0.2) is 48.5 Å². The van der Waals surface area contributed by atoms with Gasteiger partial charge in [0.25, 0.3) is 5.91 Å². The molecule has 1 heterocycles. The molecule has 0 spiro atoms. The highest BCUT2D eigenvalue weighted by atomic mass is 35.5. The van der Waals surface area contributed by atoms with E-state index in [4.69, 9.17) is 4.74 Å². The van der Waals surface area contributed by atoms with Crippen LogP contribution in [0.25, 0.3) is 0 Å². The number of nitrogens with one attached hydrogen (secondary N) is 1. The van der Waals surface area contributed by atoms with Gasteiger partial charge in [0.2, 0.25) is 10.0 Å². The molecule has 1 saturated carbocycles. The van der Waals surface area contributed by atoms with Gasteiger partial charge in [-0.1, -0.05) is 44.7 Å². The number of aliphatic hydroxyl groups excluding tert-OH is 1. The first-order valence-electron chi connectivity index (χ1n) is 14.8. The number of ether oxygens (including phenoxy) is 1. The van der Waals surface area contributed by atoms with E-state index < -0.39 is 16.1 Å². The molecule has 1 saturated heterocycles. The van der Waals surface area contributed by atoms with Crippen LogP contribution >= 0.6 is 12.4 Å². The number of rotatable bonds is 12. The Labute approximate surface area is 251 Å². The van der Waals surface area contributed by atoms with Crippen LogP contribution in [0.5, 0.6) is 11.5 Å². The van der Waals surface area contributed by atoms with Crippen molar-refractivity contribution in [1.82, 2.24) is 9.80 Å². The maximum atomic E-state index is 13.4. The number of nitrogens with zero attached hydrogens (tertiary/aromatic N) is 2. The van der Waals surface area contributed by atoms with Gasteiger partial charge in [0.15, 0.2) is 0 Å². The third-order valence-electron chi connectivity index (χ3n) is 8.11. The Bertz CT molecular complexity index is 1180. The van der Waals surface area contributed by atoms with E-state index in [1.165, 1.54) is 12.0 Å². The highest BCUT2D eigenvalue weighted by Crippen LogP contribution is 2.29. The molecule has 1 atom stereocenters. The molecule has 1 amide bonds. The summed E-state index contributed by atoms with van der Waals surface area (Å²) in [6, 6.07) is 15.0. The zero-order valence-electron chi connectivity index (χ0n) is 24.3. The molecule has 2 fully saturated rings. The molecule has 1 aliphatic heterocycles. The molecule has 8 nitrogen and oxygen atoms in total. The zero-order valence-corrected chi connectivity index (χ0v) is 26.0. The largest absolute Gasteiger partial charge is 0.457 e. The van der Waals surface area contributed by atoms with E-state index in [2.05, 4.69) is 28.7 Å². The minimum absolute atomic E-state index is 0. The van der Waals surface area contributed by atoms with Gasteiger partial charge in [-0.2, -0.15) is 0 Å². The van der Waals surface area contributed by atoms with Crippen LogP contribution in [0.2, 0.25) is 0 Å². The fourth-order valence-corrected chi connectivity index (χ4v) is 6.44. The van der Waals surface area contributed by atoms with Gasteiger partial charge in [0.05, 0.1) is 6.26 Å². The smallest absolute Gasteiger partial charge is 0.251 e. The molecule has 2 aromatic carbocycles. The first kappa shape index (κ1) is 33.2. The van der Waals surface area contributed by atoms with Gasteiger partial charge in [-0.15, -0.1) is 12.4 Å². The van der Waals surface area contributed by atoms with Crippen molar-refractivity contribution in [3.05, 3.63) is 54.1 Å². The summed E-state index contributed by atoms with van der Waals surface area (Å²) in [6.45, 7) is 5.57. The lowest BCUT2D eigenvalue weighted by atomic mass is 9.84. The number of unbranched alkanes of at least 4 members (excludes halogenated alkanes) is 1. The minimum Gasteiger partial charge on any atom is -0.457 e. The van der Waals surface area contributed by atoms with Crippen LogP contribution in [0.1, 0.15) is 70.3 Å². The van der Waals surface area contributed by atoms with E-state index in [1.54, 1.807) is 24.3 Å². The molecule has 10 heteroatoms. The summed E-state index contributed by atoms with van der Waals surface area (Å²) in [5.74, 6) is 1.42. The highest BCUT2D eigenvalue weighted by Gasteiger charge is 2.35. The third kappa shape index (κ3) is 10.2. The SMILES string of the molecule is CCCCN(C(=O)[C@@H](O)C1CCCCC1)C1CCN(Cc2ccc(Oc3ccc(NS(C)(=O)=O)cc3)cc2)CC1.Cl. The maximum Gasteiger partial charge on any atom is 0.251 e. The number of sulfonamides is 1. The van der Waals surface area contributed by atoms with Crippen molar-refractivity contribution in [2.75, 3.05) is 30.6 Å². The Morgan fingerprint density at radius 2 is 1.59 bits per heavy atom. The van der Waals surface area contributed by atoms with Crippen molar-refractivity contribution in [1.29, 1.82) is 0 Å². The van der Waals surface area contributed by atoms with Crippen molar-refractivity contribution < 1.29 is 23.1 Å². The Balaban J connectivity index is 0.00000462. The standard InChI is InChI=1S/C31H45N3O5S.ClH/c1-3-4-20-34(31(36)30(35)25-8-6-5-7-9-25)27-18-21-33(22-19-27)23-24-10-14-28(15-11-24)39-29-16-12-26(13-17-29)32-40(2,37)38;/h10-17,25,27,30,32,35H,3-9,18-23H2,1-2H3;1H/t30-;/m0./s1. The van der Waals surface area contributed by atoms with Crippen molar-refractivity contribution >= 4 is 34.0 Å². The molecular formula is C31H46ClN3O5S. The number of halogens is 1. The highest BCUT2D eigenvalue weighted by molar-refractivity contribution is 7.92. The average molecular weight is 608 g/mol. The summed E-state index contributed by atoms with van der Waals surface area (Å²) in [6.07, 6.45) is 9.51. The van der Waals surface area contributed by atoms with Crippen molar-refractivity contribution in [2.45, 2.75) is 83.4 Å². The van der Waals surface area contributed by atoms with Gasteiger partial charge in [0.1, 0.15) is 17.6 Å². The molecular weight excluding hydrogens is 562 g/mol. The van der Waals surface area contributed by atoms with Gasteiger partial charge in [-0.25, -0.2) is 8.42 Å². The molecule has 4 rings (SSSR count). The van der Waals surface area contributed by atoms with Crippen molar-refractivity contribution in [2.24, 2.45) is 5.92 Å². The molecule has 228 valence electrons. The Kier molecular flexibility index (Phi) is 12.8. The van der Waals surface area contributed by atoms with Gasteiger partial charge in [-0.3, -0.25) is 14.4 Å². The molecule has 0 radical (unpaired) electrons. The number of hydrogen-bond acceptors (Lipinski definition) is 6. The van der Waals surface area contributed by atoms with Gasteiger partial charge in [0, 0.05) is 37.9 Å². The van der Waals surface area contributed by atoms with E-state index in [0.717, 1.165) is 83.8 Å². The topological polar surface area (TPSA) is 99.2 Å². The second-order valence-electron chi connectivity index (χ2n) is 11.4. The lowest BCUT2D eigenvalue weighted by Crippen LogP contribution is -2.52. The number of anilines is 1. The second kappa shape index (κ2) is 15.8. The maximum absolute atomic E-state index is 13.4. The van der Waals surface area contributed by atoms with E-state index in [1.807, 2.05) is 17.0 Å². The van der Waals surface area contributed by atoms with Gasteiger partial charge in [-0.05, 0) is 80.0 Å². The monoisotopic (exact) mass is 607 g/mol. The summed E-state index contributed by atoms with van der Waals surface area (Å²) in [4.78, 5) is 17.8. The Morgan fingerprint density at radius 3 is 2.15 bits per heavy atom. The molecule has 41 heavy (non-hydrogen) atoms. The molecule has 2 aromatic rings. The fraction of sp³-hybridized carbons (Fsp3) is 0.581. The van der Waals surface area contributed by atoms with E-state index in [-0.39, 0.29) is 30.3 Å². The van der Waals surface area contributed by atoms with Crippen molar-refractivity contribution in [3.63, 3.8) is 0 Å². The average Bonchev–Trinajstić information content (AvgIpc) is 2.95. The Morgan fingerprint density at radius 1 is 1.00 bits per heavy atom. The molecule has 2 N–H and O–H groups in total. The molecule has 2 aliphatic rings. The van der Waals surface area contributed by atoms with Crippen LogP contribution < -0.4 is 9.46 Å². The van der Waals surface area contributed by atoms with Crippen LogP contribution in [-0.2, 0) is 21.4 Å². The summed E-state index contributed by atoms with van der Waals surface area (Å²) in [5.41, 5.74) is 1.69. The predicted octanol–water partition coefficient (Wildman–Crippen LogP) is 5.81. The van der Waals surface area contributed by atoms with E-state index in [0.29, 0.717) is 17.2 Å². The summed E-state index contributed by atoms with van der Waals surface area (Å²) in [7, 11) is -3.31. The lowest BCUT2D eigenvalue weighted by Gasteiger charge is -2.40. The predicted molar refractivity (Wildman–Crippen MR) is 166 cm³/mol. The summed E-state index contributed by atoms with van der Waals surface area (Å²) >= 11 is 0. The lowest BCUT2D eigenvalue weighted by molar-refractivity contribution is -0.147. The first-order chi connectivity index (χ1) is 19.2. The second-order valence-corrected chi connectivity index (χ2v) is 13.1. The van der Waals surface area contributed by atoms with Gasteiger partial charge < -0.3 is 14.7 Å². The van der Waals surface area contributed by atoms with Crippen LogP contribution in [-0.4, -0.2) is 67.3 Å². The molecule has 0 bridgehead atoms. The number of carbonyl (C=O) groups is 1. The Hall–Kier alpha value is -2.33. The van der Waals surface area contributed by atoms with Crippen LogP contribution in [0.3, 0.4) is 0 Å². The normalized spacial score (nSPS) is 17.8. The number of amides is 1. The minimum atomic E-state index is -3.31. The number of aliphatic hydroxyl groups is 1. The first-order valence-corrected chi connectivity index (χ1v) is 16.7. The van der Waals surface area contributed by atoms with Gasteiger partial charge >= 0.3 is 0 Å². The number of carbonyl (C=O) groups excluding carboxylic acids is 1. The number of likely N-dealkylation sites (tertiary alicyclic amines) is 1. The number of piperidine rings is 1. The number of benzene rings is 2. The van der Waals surface area contributed by atoms with Crippen LogP contribution in [0.4, 0.5) is 5.69 Å². The zero-order chi connectivity index (χ0) is 28.5. The third-order valence-corrected chi connectivity index (χ3v) is 8.71. The van der Waals surface area contributed by atoms with E-state index >= 15 is 0 Å². The summed E-state index contributed by atoms with van der Waals surface area (Å²) < 4.78 is 31.1. The quantitative estimate of drug-likeness (QED) is 0.316. The fourth-order valence-electron chi connectivity index (χ4n) is 5.87. The molecule has 0 unspecified atom stereocenters. The molecule has 1 aliphatic carbocycles. The van der Waals surface area contributed by atoms with Crippen molar-refractivity contribution in [3.8, 4) is 11.5 Å². The summed E-state index contributed by atoms with van der Waals surface area (Å²) in [5, 5.41) is 10.9. The number of hydrogen-bond donors (Lipinski definition) is 2. The van der Waals surface area contributed by atoms with E-state index in [9.17, 15) is 18.3 Å². The van der Waals surface area contributed by atoms with Crippen LogP contribution in [0, 0.1) is 5.92 Å².